The molecule has 206 valence electrons. The number of thiophene rings is 1. The molecule has 0 radical (unpaired) electrons. The molecule has 2 fully saturated rings. The summed E-state index contributed by atoms with van der Waals surface area (Å²) >= 11 is 1.50. The maximum Gasteiger partial charge on any atom is 0.257 e. The lowest BCUT2D eigenvalue weighted by molar-refractivity contribution is 0.0724. The fraction of sp³-hybridized carbons (Fsp3) is 0.571. The molecule has 2 saturated heterocycles. The van der Waals surface area contributed by atoms with Gasteiger partial charge in [-0.1, -0.05) is 13.3 Å². The van der Waals surface area contributed by atoms with Gasteiger partial charge >= 0.3 is 0 Å². The second-order valence-electron chi connectivity index (χ2n) is 10.6. The Morgan fingerprint density at radius 2 is 1.71 bits per heavy atom. The van der Waals surface area contributed by atoms with E-state index in [2.05, 4.69) is 17.1 Å². The van der Waals surface area contributed by atoms with Crippen molar-refractivity contribution in [3.05, 3.63) is 45.8 Å². The SMILES string of the molecule is CCN1CCc2c(sc(NC(=O)c3ccc(S(=O)(=O)N4CCCCC4C)cc3)c2C(=O)N2CCCCC2)C1. The van der Waals surface area contributed by atoms with Crippen LogP contribution in [0.3, 0.4) is 0 Å². The van der Waals surface area contributed by atoms with Crippen molar-refractivity contribution in [2.24, 2.45) is 0 Å². The highest BCUT2D eigenvalue weighted by molar-refractivity contribution is 7.89. The number of hydrogen-bond donors (Lipinski definition) is 1. The van der Waals surface area contributed by atoms with Gasteiger partial charge in [-0.15, -0.1) is 11.3 Å². The van der Waals surface area contributed by atoms with Crippen molar-refractivity contribution >= 4 is 38.2 Å². The Balaban J connectivity index is 1.38. The van der Waals surface area contributed by atoms with E-state index in [0.29, 0.717) is 22.7 Å². The van der Waals surface area contributed by atoms with Crippen molar-refractivity contribution < 1.29 is 18.0 Å². The molecule has 4 heterocycles. The van der Waals surface area contributed by atoms with Crippen molar-refractivity contribution in [2.75, 3.05) is 38.0 Å². The van der Waals surface area contributed by atoms with Crippen molar-refractivity contribution in [2.45, 2.75) is 76.3 Å². The van der Waals surface area contributed by atoms with Gasteiger partial charge in [0.1, 0.15) is 5.00 Å². The number of benzene rings is 1. The highest BCUT2D eigenvalue weighted by atomic mass is 32.2. The Bertz CT molecular complexity index is 1280. The molecule has 0 aliphatic carbocycles. The van der Waals surface area contributed by atoms with Crippen molar-refractivity contribution in [1.29, 1.82) is 0 Å². The zero-order chi connectivity index (χ0) is 26.9. The van der Waals surface area contributed by atoms with Crippen LogP contribution < -0.4 is 5.32 Å². The predicted molar refractivity (Wildman–Crippen MR) is 150 cm³/mol. The summed E-state index contributed by atoms with van der Waals surface area (Å²) in [5.41, 5.74) is 2.09. The maximum atomic E-state index is 13.7. The number of anilines is 1. The molecular weight excluding hydrogens is 520 g/mol. The number of carbonyl (C=O) groups is 2. The van der Waals surface area contributed by atoms with Crippen LogP contribution >= 0.6 is 11.3 Å². The predicted octanol–water partition coefficient (Wildman–Crippen LogP) is 4.57. The summed E-state index contributed by atoms with van der Waals surface area (Å²) in [5.74, 6) is -0.321. The van der Waals surface area contributed by atoms with Gasteiger partial charge in [0, 0.05) is 49.2 Å². The van der Waals surface area contributed by atoms with Gasteiger partial charge in [0.05, 0.1) is 10.5 Å². The molecule has 0 saturated carbocycles. The quantitative estimate of drug-likeness (QED) is 0.561. The average Bonchev–Trinajstić information content (AvgIpc) is 3.30. The van der Waals surface area contributed by atoms with Gasteiger partial charge in [-0.2, -0.15) is 4.31 Å². The minimum atomic E-state index is -3.60. The third kappa shape index (κ3) is 5.41. The number of carbonyl (C=O) groups excluding carboxylic acids is 2. The Kier molecular flexibility index (Phi) is 8.23. The molecule has 10 heteroatoms. The van der Waals surface area contributed by atoms with Crippen LogP contribution in [0.4, 0.5) is 5.00 Å². The third-order valence-corrected chi connectivity index (χ3v) is 11.3. The summed E-state index contributed by atoms with van der Waals surface area (Å²) in [6, 6.07) is 6.14. The number of piperidine rings is 2. The van der Waals surface area contributed by atoms with Crippen LogP contribution in [0, 0.1) is 0 Å². The van der Waals surface area contributed by atoms with Crippen LogP contribution in [0.1, 0.15) is 83.5 Å². The van der Waals surface area contributed by atoms with Crippen LogP contribution in [0.2, 0.25) is 0 Å². The van der Waals surface area contributed by atoms with E-state index in [1.165, 1.54) is 23.5 Å². The molecule has 0 spiro atoms. The smallest absolute Gasteiger partial charge is 0.257 e. The summed E-state index contributed by atoms with van der Waals surface area (Å²) in [7, 11) is -3.60. The van der Waals surface area contributed by atoms with Gasteiger partial charge in [-0.3, -0.25) is 14.5 Å². The van der Waals surface area contributed by atoms with Gasteiger partial charge < -0.3 is 10.2 Å². The molecule has 0 bridgehead atoms. The molecule has 1 aromatic heterocycles. The summed E-state index contributed by atoms with van der Waals surface area (Å²) in [4.78, 5) is 32.6. The van der Waals surface area contributed by atoms with Crippen LogP contribution in [0.5, 0.6) is 0 Å². The zero-order valence-corrected chi connectivity index (χ0v) is 24.0. The van der Waals surface area contributed by atoms with Gasteiger partial charge in [0.2, 0.25) is 10.0 Å². The van der Waals surface area contributed by atoms with Gasteiger partial charge in [0.25, 0.3) is 11.8 Å². The first-order valence-electron chi connectivity index (χ1n) is 13.9. The molecule has 2 aromatic rings. The molecule has 8 nitrogen and oxygen atoms in total. The lowest BCUT2D eigenvalue weighted by Crippen LogP contribution is -2.41. The highest BCUT2D eigenvalue weighted by Gasteiger charge is 2.33. The molecule has 5 rings (SSSR count). The Hall–Kier alpha value is -2.27. The van der Waals surface area contributed by atoms with Crippen molar-refractivity contribution in [3.8, 4) is 0 Å². The number of fused-ring (bicyclic) bond motifs is 1. The fourth-order valence-corrected chi connectivity index (χ4v) is 8.79. The largest absolute Gasteiger partial charge is 0.339 e. The number of likely N-dealkylation sites (N-methyl/N-ethyl adjacent to an activating group) is 1. The molecule has 3 aliphatic rings. The van der Waals surface area contributed by atoms with Gasteiger partial charge in [-0.25, -0.2) is 8.42 Å². The van der Waals surface area contributed by atoms with E-state index in [9.17, 15) is 18.0 Å². The Morgan fingerprint density at radius 1 is 1.00 bits per heavy atom. The molecule has 1 unspecified atom stereocenters. The van der Waals surface area contributed by atoms with Gasteiger partial charge in [-0.05, 0) is 81.8 Å². The zero-order valence-electron chi connectivity index (χ0n) is 22.4. The summed E-state index contributed by atoms with van der Waals surface area (Å²) in [6.07, 6.45) is 6.72. The molecule has 1 aromatic carbocycles. The normalized spacial score (nSPS) is 21.2. The number of likely N-dealkylation sites (tertiary alicyclic amines) is 1. The second-order valence-corrected chi connectivity index (χ2v) is 13.6. The first-order chi connectivity index (χ1) is 18.3. The first-order valence-corrected chi connectivity index (χ1v) is 16.1. The molecular formula is C28H38N4O4S2. The summed E-state index contributed by atoms with van der Waals surface area (Å²) in [5, 5.41) is 3.62. The molecule has 3 aliphatic heterocycles. The minimum absolute atomic E-state index is 0.0135. The van der Waals surface area contributed by atoms with Crippen LogP contribution in [0.15, 0.2) is 29.2 Å². The Morgan fingerprint density at radius 3 is 2.39 bits per heavy atom. The van der Waals surface area contributed by atoms with E-state index >= 15 is 0 Å². The van der Waals surface area contributed by atoms with E-state index in [1.54, 1.807) is 16.4 Å². The molecule has 38 heavy (non-hydrogen) atoms. The standard InChI is InChI=1S/C28H38N4O4S2/c1-3-30-18-14-23-24(19-30)37-27(25(23)28(34)31-15-6-4-7-16-31)29-26(33)21-10-12-22(13-11-21)38(35,36)32-17-8-5-9-20(32)2/h10-13,20H,3-9,14-19H2,1-2H3,(H,29,33). The highest BCUT2D eigenvalue weighted by Crippen LogP contribution is 2.38. The first kappa shape index (κ1) is 27.3. The minimum Gasteiger partial charge on any atom is -0.339 e. The number of nitrogens with zero attached hydrogens (tertiary/aromatic N) is 3. The van der Waals surface area contributed by atoms with E-state index < -0.39 is 10.0 Å². The van der Waals surface area contributed by atoms with E-state index in [4.69, 9.17) is 0 Å². The second kappa shape index (κ2) is 11.5. The summed E-state index contributed by atoms with van der Waals surface area (Å²) in [6.45, 7) is 8.75. The topological polar surface area (TPSA) is 90.0 Å². The van der Waals surface area contributed by atoms with Crippen molar-refractivity contribution in [1.82, 2.24) is 14.1 Å². The average molecular weight is 559 g/mol. The van der Waals surface area contributed by atoms with E-state index in [0.717, 1.165) is 88.1 Å². The number of nitrogens with one attached hydrogen (secondary N) is 1. The Labute approximate surface area is 230 Å². The van der Waals surface area contributed by atoms with Gasteiger partial charge in [0.15, 0.2) is 0 Å². The monoisotopic (exact) mass is 558 g/mol. The number of hydrogen-bond acceptors (Lipinski definition) is 6. The maximum absolute atomic E-state index is 13.7. The number of sulfonamides is 1. The summed E-state index contributed by atoms with van der Waals surface area (Å²) < 4.78 is 27.9. The lowest BCUT2D eigenvalue weighted by atomic mass is 10.0. The molecule has 1 atom stereocenters. The third-order valence-electron chi connectivity index (χ3n) is 8.13. The van der Waals surface area contributed by atoms with E-state index in [-0.39, 0.29) is 22.8 Å². The van der Waals surface area contributed by atoms with Crippen LogP contribution in [-0.2, 0) is 23.0 Å². The number of amides is 2. The van der Waals surface area contributed by atoms with Crippen LogP contribution in [-0.4, -0.2) is 73.1 Å². The molecule has 1 N–H and O–H groups in total. The van der Waals surface area contributed by atoms with E-state index in [1.807, 2.05) is 11.8 Å². The van der Waals surface area contributed by atoms with Crippen molar-refractivity contribution in [3.63, 3.8) is 0 Å². The number of rotatable bonds is 6. The molecule has 2 amide bonds. The fourth-order valence-electron chi connectivity index (χ4n) is 5.81. The van der Waals surface area contributed by atoms with Crippen LogP contribution in [0.25, 0.3) is 0 Å². The lowest BCUT2D eigenvalue weighted by Gasteiger charge is -2.32.